The summed E-state index contributed by atoms with van der Waals surface area (Å²) in [5, 5.41) is 6.68. The molecule has 0 amide bonds. The van der Waals surface area contributed by atoms with E-state index in [-0.39, 0.29) is 0 Å². The van der Waals surface area contributed by atoms with Crippen LogP contribution in [-0.4, -0.2) is 55.9 Å². The zero-order valence-corrected chi connectivity index (χ0v) is 11.9. The van der Waals surface area contributed by atoms with Crippen LogP contribution in [0, 0.1) is 6.92 Å². The smallest absolute Gasteiger partial charge is 0.134 e. The van der Waals surface area contributed by atoms with Crippen LogP contribution in [0.4, 0.5) is 11.6 Å². The van der Waals surface area contributed by atoms with E-state index >= 15 is 0 Å². The number of hydrogen-bond donors (Lipinski definition) is 2. The van der Waals surface area contributed by atoms with Gasteiger partial charge in [0.25, 0.3) is 0 Å². The quantitative estimate of drug-likeness (QED) is 0.815. The Morgan fingerprint density at radius 2 is 2.37 bits per heavy atom. The molecule has 1 aliphatic heterocycles. The van der Waals surface area contributed by atoms with E-state index < -0.39 is 0 Å². The molecule has 0 radical (unpaired) electrons. The highest BCUT2D eigenvalue weighted by Gasteiger charge is 2.16. The van der Waals surface area contributed by atoms with Gasteiger partial charge < -0.3 is 20.3 Å². The van der Waals surface area contributed by atoms with E-state index in [0.717, 1.165) is 50.3 Å². The normalized spacial score (nSPS) is 19.2. The van der Waals surface area contributed by atoms with Gasteiger partial charge in [-0.3, -0.25) is 0 Å². The summed E-state index contributed by atoms with van der Waals surface area (Å²) in [5.41, 5.74) is 0. The summed E-state index contributed by atoms with van der Waals surface area (Å²) in [4.78, 5) is 11.0. The van der Waals surface area contributed by atoms with E-state index in [4.69, 9.17) is 4.74 Å². The lowest BCUT2D eigenvalue weighted by Gasteiger charge is -2.29. The minimum Gasteiger partial charge on any atom is -0.378 e. The number of aryl methyl sites for hydroxylation is 1. The van der Waals surface area contributed by atoms with Crippen LogP contribution in [-0.2, 0) is 4.74 Å². The van der Waals surface area contributed by atoms with E-state index in [1.165, 1.54) is 0 Å². The lowest BCUT2D eigenvalue weighted by atomic mass is 10.2. The largest absolute Gasteiger partial charge is 0.378 e. The van der Waals surface area contributed by atoms with Gasteiger partial charge in [-0.1, -0.05) is 0 Å². The molecule has 0 spiro atoms. The number of hydrogen-bond acceptors (Lipinski definition) is 6. The van der Waals surface area contributed by atoms with Gasteiger partial charge in [-0.25, -0.2) is 9.97 Å². The van der Waals surface area contributed by atoms with Gasteiger partial charge in [0, 0.05) is 38.8 Å². The van der Waals surface area contributed by atoms with E-state index in [0.29, 0.717) is 6.04 Å². The summed E-state index contributed by atoms with van der Waals surface area (Å²) in [7, 11) is 2.05. The second-order valence-corrected chi connectivity index (χ2v) is 4.80. The fourth-order valence-corrected chi connectivity index (χ4v) is 2.18. The summed E-state index contributed by atoms with van der Waals surface area (Å²) >= 11 is 0. The third-order valence-electron chi connectivity index (χ3n) is 3.07. The molecule has 19 heavy (non-hydrogen) atoms. The van der Waals surface area contributed by atoms with Crippen molar-refractivity contribution in [1.82, 2.24) is 15.3 Å². The van der Waals surface area contributed by atoms with E-state index in [9.17, 15) is 0 Å². The Bertz CT molecular complexity index is 406. The van der Waals surface area contributed by atoms with Gasteiger partial charge in [0.2, 0.25) is 0 Å². The predicted molar refractivity (Wildman–Crippen MR) is 76.8 cm³/mol. The molecule has 0 bridgehead atoms. The first-order valence-electron chi connectivity index (χ1n) is 6.81. The van der Waals surface area contributed by atoms with Crippen LogP contribution < -0.4 is 15.5 Å². The molecule has 1 unspecified atom stereocenters. The van der Waals surface area contributed by atoms with Crippen molar-refractivity contribution >= 4 is 11.6 Å². The van der Waals surface area contributed by atoms with Gasteiger partial charge in [-0.15, -0.1) is 0 Å². The number of aromatic nitrogens is 2. The average Bonchev–Trinajstić information content (AvgIpc) is 2.39. The van der Waals surface area contributed by atoms with Crippen LogP contribution in [0.3, 0.4) is 0 Å². The summed E-state index contributed by atoms with van der Waals surface area (Å²) < 4.78 is 5.47. The van der Waals surface area contributed by atoms with Gasteiger partial charge in [0.1, 0.15) is 17.5 Å². The topological polar surface area (TPSA) is 62.3 Å². The summed E-state index contributed by atoms with van der Waals surface area (Å²) in [6, 6.07) is 2.34. The number of likely N-dealkylation sites (N-methyl/N-ethyl adjacent to an activating group) is 1. The monoisotopic (exact) mass is 265 g/mol. The summed E-state index contributed by atoms with van der Waals surface area (Å²) in [6.45, 7) is 8.19. The molecule has 1 aromatic heterocycles. The van der Waals surface area contributed by atoms with Crippen molar-refractivity contribution in [3.8, 4) is 0 Å². The molecule has 1 saturated heterocycles. The van der Waals surface area contributed by atoms with Crippen LogP contribution in [0.5, 0.6) is 0 Å². The van der Waals surface area contributed by atoms with Crippen molar-refractivity contribution in [2.45, 2.75) is 19.9 Å². The molecule has 1 fully saturated rings. The summed E-state index contributed by atoms with van der Waals surface area (Å²) in [5.74, 6) is 2.61. The maximum Gasteiger partial charge on any atom is 0.134 e. The SMILES string of the molecule is CCNc1cc(N(C)CC2COCCN2)nc(C)n1. The second kappa shape index (κ2) is 6.68. The molecule has 2 N–H and O–H groups in total. The fraction of sp³-hybridized carbons (Fsp3) is 0.692. The number of nitrogens with one attached hydrogen (secondary N) is 2. The second-order valence-electron chi connectivity index (χ2n) is 4.80. The maximum atomic E-state index is 5.47. The Kier molecular flexibility index (Phi) is 4.93. The van der Waals surface area contributed by atoms with Crippen LogP contribution in [0.15, 0.2) is 6.07 Å². The van der Waals surface area contributed by atoms with Gasteiger partial charge in [0.15, 0.2) is 0 Å². The minimum atomic E-state index is 0.358. The Labute approximate surface area is 114 Å². The molecule has 6 nitrogen and oxygen atoms in total. The van der Waals surface area contributed by atoms with E-state index in [2.05, 4.69) is 32.4 Å². The van der Waals surface area contributed by atoms with Crippen LogP contribution >= 0.6 is 0 Å². The van der Waals surface area contributed by atoms with Crippen molar-refractivity contribution in [2.75, 3.05) is 50.1 Å². The third kappa shape index (κ3) is 4.04. The highest BCUT2D eigenvalue weighted by atomic mass is 16.5. The highest BCUT2D eigenvalue weighted by Crippen LogP contribution is 2.15. The molecule has 106 valence electrons. The van der Waals surface area contributed by atoms with E-state index in [1.807, 2.05) is 20.0 Å². The molecule has 2 rings (SSSR count). The first kappa shape index (κ1) is 14.0. The molecule has 0 aliphatic carbocycles. The van der Waals surface area contributed by atoms with E-state index in [1.54, 1.807) is 0 Å². The lowest BCUT2D eigenvalue weighted by molar-refractivity contribution is 0.0790. The van der Waals surface area contributed by atoms with Crippen molar-refractivity contribution in [2.24, 2.45) is 0 Å². The van der Waals surface area contributed by atoms with Gasteiger partial charge >= 0.3 is 0 Å². The zero-order valence-electron chi connectivity index (χ0n) is 11.9. The van der Waals surface area contributed by atoms with Crippen molar-refractivity contribution in [3.63, 3.8) is 0 Å². The number of morpholine rings is 1. The summed E-state index contributed by atoms with van der Waals surface area (Å²) in [6.07, 6.45) is 0. The molecular formula is C13H23N5O. The van der Waals surface area contributed by atoms with Gasteiger partial charge in [0.05, 0.1) is 13.2 Å². The van der Waals surface area contributed by atoms with Gasteiger partial charge in [-0.05, 0) is 13.8 Å². The van der Waals surface area contributed by atoms with Crippen molar-refractivity contribution < 1.29 is 4.74 Å². The van der Waals surface area contributed by atoms with Crippen LogP contribution in [0.1, 0.15) is 12.7 Å². The van der Waals surface area contributed by atoms with Gasteiger partial charge in [-0.2, -0.15) is 0 Å². The maximum absolute atomic E-state index is 5.47. The molecule has 6 heteroatoms. The number of ether oxygens (including phenoxy) is 1. The average molecular weight is 265 g/mol. The Morgan fingerprint density at radius 1 is 1.53 bits per heavy atom. The fourth-order valence-electron chi connectivity index (χ4n) is 2.18. The number of nitrogens with zero attached hydrogens (tertiary/aromatic N) is 3. The first-order valence-corrected chi connectivity index (χ1v) is 6.81. The third-order valence-corrected chi connectivity index (χ3v) is 3.07. The molecule has 0 aromatic carbocycles. The van der Waals surface area contributed by atoms with Crippen LogP contribution in [0.25, 0.3) is 0 Å². The predicted octanol–water partition coefficient (Wildman–Crippen LogP) is 0.641. The molecule has 2 heterocycles. The molecule has 0 saturated carbocycles. The standard InChI is InChI=1S/C13H23N5O/c1-4-14-12-7-13(17-10(2)16-12)18(3)8-11-9-19-6-5-15-11/h7,11,15H,4-6,8-9H2,1-3H3,(H,14,16,17). The molecular weight excluding hydrogens is 242 g/mol. The minimum absolute atomic E-state index is 0.358. The Hall–Kier alpha value is -1.40. The van der Waals surface area contributed by atoms with Crippen molar-refractivity contribution in [3.05, 3.63) is 11.9 Å². The van der Waals surface area contributed by atoms with Crippen LogP contribution in [0.2, 0.25) is 0 Å². The molecule has 1 aromatic rings. The first-order chi connectivity index (χ1) is 9.19. The van der Waals surface area contributed by atoms with Crippen molar-refractivity contribution in [1.29, 1.82) is 0 Å². The number of anilines is 2. The molecule has 1 aliphatic rings. The highest BCUT2D eigenvalue weighted by molar-refractivity contribution is 5.49. The molecule has 1 atom stereocenters. The Morgan fingerprint density at radius 3 is 3.05 bits per heavy atom. The Balaban J connectivity index is 2.02. The lowest BCUT2D eigenvalue weighted by Crippen LogP contribution is -2.47. The number of rotatable bonds is 5. The zero-order chi connectivity index (χ0) is 13.7.